The number of nitrogens with zero attached hydrogens (tertiary/aromatic N) is 1. The molecule has 0 atom stereocenters. The summed E-state index contributed by atoms with van der Waals surface area (Å²) >= 11 is 0. The zero-order valence-corrected chi connectivity index (χ0v) is 14.1. The summed E-state index contributed by atoms with van der Waals surface area (Å²) < 4.78 is 39.3. The predicted octanol–water partition coefficient (Wildman–Crippen LogP) is 4.77. The van der Waals surface area contributed by atoms with Gasteiger partial charge in [0.05, 0.1) is 11.3 Å². The molecule has 0 unspecified atom stereocenters. The second-order valence-corrected chi connectivity index (χ2v) is 5.77. The predicted molar refractivity (Wildman–Crippen MR) is 96.6 cm³/mol. The van der Waals surface area contributed by atoms with Crippen LogP contribution in [0.25, 0.3) is 0 Å². The van der Waals surface area contributed by atoms with Crippen molar-refractivity contribution in [3.8, 4) is 0 Å². The molecule has 0 fully saturated rings. The van der Waals surface area contributed by atoms with Gasteiger partial charge in [-0.05, 0) is 29.8 Å². The first kappa shape index (κ1) is 18.4. The normalized spacial score (nSPS) is 11.1. The van der Waals surface area contributed by atoms with E-state index in [0.29, 0.717) is 12.2 Å². The molecule has 1 heterocycles. The number of pyridine rings is 1. The Hall–Kier alpha value is -3.35. The van der Waals surface area contributed by atoms with Crippen molar-refractivity contribution in [2.24, 2.45) is 0 Å². The summed E-state index contributed by atoms with van der Waals surface area (Å²) in [5.74, 6) is -0.411. The number of amides is 1. The topological polar surface area (TPSA) is 54.0 Å². The summed E-state index contributed by atoms with van der Waals surface area (Å²) in [6, 6.07) is 17.4. The highest BCUT2D eigenvalue weighted by Gasteiger charge is 2.33. The summed E-state index contributed by atoms with van der Waals surface area (Å²) in [5.41, 5.74) is 0.509. The Labute approximate surface area is 154 Å². The average molecular weight is 371 g/mol. The van der Waals surface area contributed by atoms with Gasteiger partial charge in [0.2, 0.25) is 0 Å². The van der Waals surface area contributed by atoms with Crippen LogP contribution in [0.4, 0.5) is 24.5 Å². The third kappa shape index (κ3) is 4.84. The van der Waals surface area contributed by atoms with Gasteiger partial charge in [-0.1, -0.05) is 42.5 Å². The maximum Gasteiger partial charge on any atom is 0.418 e. The zero-order valence-electron chi connectivity index (χ0n) is 14.1. The number of hydrogen-bond donors (Lipinski definition) is 2. The van der Waals surface area contributed by atoms with E-state index in [0.717, 1.165) is 11.6 Å². The van der Waals surface area contributed by atoms with Gasteiger partial charge >= 0.3 is 6.18 Å². The molecule has 4 nitrogen and oxygen atoms in total. The van der Waals surface area contributed by atoms with Crippen LogP contribution in [0.3, 0.4) is 0 Å². The number of hydrogen-bond acceptors (Lipinski definition) is 3. The molecule has 1 amide bonds. The van der Waals surface area contributed by atoms with Crippen molar-refractivity contribution in [1.29, 1.82) is 0 Å². The number of halogens is 3. The second-order valence-electron chi connectivity index (χ2n) is 5.77. The van der Waals surface area contributed by atoms with Crippen molar-refractivity contribution in [1.82, 2.24) is 10.3 Å². The zero-order chi connectivity index (χ0) is 19.3. The fraction of sp³-hybridized carbons (Fsp3) is 0.100. The van der Waals surface area contributed by atoms with Crippen LogP contribution in [0.1, 0.15) is 21.6 Å². The number of aromatic nitrogens is 1. The molecule has 0 saturated heterocycles. The number of para-hydroxylation sites is 1. The molecule has 27 heavy (non-hydrogen) atoms. The van der Waals surface area contributed by atoms with E-state index in [4.69, 9.17) is 0 Å². The van der Waals surface area contributed by atoms with Crippen molar-refractivity contribution in [2.45, 2.75) is 12.7 Å². The number of rotatable bonds is 5. The standard InChI is InChI=1S/C20H16F3N3O/c21-20(22,23)16-8-4-5-9-17(16)26-15-10-11-24-18(12-15)19(27)25-13-14-6-2-1-3-7-14/h1-12H,13H2,(H,24,26)(H,25,27). The Morgan fingerprint density at radius 1 is 0.963 bits per heavy atom. The first-order valence-electron chi connectivity index (χ1n) is 8.15. The summed E-state index contributed by atoms with van der Waals surface area (Å²) in [4.78, 5) is 16.3. The minimum atomic E-state index is -4.48. The molecule has 0 aliphatic carbocycles. The van der Waals surface area contributed by atoms with E-state index in [-0.39, 0.29) is 11.4 Å². The summed E-state index contributed by atoms with van der Waals surface area (Å²) in [6.07, 6.45) is -3.11. The largest absolute Gasteiger partial charge is 0.418 e. The van der Waals surface area contributed by atoms with Crippen molar-refractivity contribution in [3.05, 3.63) is 89.7 Å². The van der Waals surface area contributed by atoms with Crippen LogP contribution in [0.5, 0.6) is 0 Å². The molecule has 0 aliphatic heterocycles. The van der Waals surface area contributed by atoms with Crippen LogP contribution in [0.15, 0.2) is 72.9 Å². The Morgan fingerprint density at radius 3 is 2.41 bits per heavy atom. The van der Waals surface area contributed by atoms with Gasteiger partial charge in [0, 0.05) is 18.4 Å². The molecular weight excluding hydrogens is 355 g/mol. The van der Waals surface area contributed by atoms with Crippen LogP contribution in [0.2, 0.25) is 0 Å². The number of alkyl halides is 3. The van der Waals surface area contributed by atoms with Gasteiger partial charge in [-0.15, -0.1) is 0 Å². The summed E-state index contributed by atoms with van der Waals surface area (Å²) in [7, 11) is 0. The molecule has 2 aromatic carbocycles. The number of anilines is 2. The van der Waals surface area contributed by atoms with E-state index < -0.39 is 17.6 Å². The lowest BCUT2D eigenvalue weighted by Crippen LogP contribution is -2.23. The molecule has 7 heteroatoms. The highest BCUT2D eigenvalue weighted by atomic mass is 19.4. The molecule has 0 saturated carbocycles. The van der Waals surface area contributed by atoms with Crippen LogP contribution in [0, 0.1) is 0 Å². The minimum Gasteiger partial charge on any atom is -0.355 e. The van der Waals surface area contributed by atoms with Crippen molar-refractivity contribution in [3.63, 3.8) is 0 Å². The third-order valence-electron chi connectivity index (χ3n) is 3.80. The van der Waals surface area contributed by atoms with Crippen molar-refractivity contribution < 1.29 is 18.0 Å². The minimum absolute atomic E-state index is 0.0909. The maximum atomic E-state index is 13.1. The Bertz CT molecular complexity index is 927. The van der Waals surface area contributed by atoms with Crippen LogP contribution in [-0.4, -0.2) is 10.9 Å². The fourth-order valence-electron chi connectivity index (χ4n) is 2.50. The number of nitrogens with one attached hydrogen (secondary N) is 2. The van der Waals surface area contributed by atoms with Gasteiger partial charge in [0.15, 0.2) is 0 Å². The first-order chi connectivity index (χ1) is 12.9. The van der Waals surface area contributed by atoms with Gasteiger partial charge in [0.25, 0.3) is 5.91 Å². The van der Waals surface area contributed by atoms with Crippen molar-refractivity contribution in [2.75, 3.05) is 5.32 Å². The third-order valence-corrected chi connectivity index (χ3v) is 3.80. The quantitative estimate of drug-likeness (QED) is 0.679. The number of benzene rings is 2. The van der Waals surface area contributed by atoms with E-state index >= 15 is 0 Å². The number of carbonyl (C=O) groups excluding carboxylic acids is 1. The molecule has 3 aromatic rings. The van der Waals surface area contributed by atoms with Crippen LogP contribution < -0.4 is 10.6 Å². The molecule has 0 radical (unpaired) electrons. The monoisotopic (exact) mass is 371 g/mol. The smallest absolute Gasteiger partial charge is 0.355 e. The molecule has 1 aromatic heterocycles. The lowest BCUT2D eigenvalue weighted by molar-refractivity contribution is -0.136. The SMILES string of the molecule is O=C(NCc1ccccc1)c1cc(Nc2ccccc2C(F)(F)F)ccn1. The fourth-order valence-corrected chi connectivity index (χ4v) is 2.50. The summed E-state index contributed by atoms with van der Waals surface area (Å²) in [5, 5.41) is 5.44. The van der Waals surface area contributed by atoms with Gasteiger partial charge in [-0.2, -0.15) is 13.2 Å². The van der Waals surface area contributed by atoms with E-state index in [1.165, 1.54) is 36.5 Å². The van der Waals surface area contributed by atoms with E-state index in [1.807, 2.05) is 30.3 Å². The lowest BCUT2D eigenvalue weighted by Gasteiger charge is -2.14. The highest BCUT2D eigenvalue weighted by molar-refractivity contribution is 5.93. The first-order valence-corrected chi connectivity index (χ1v) is 8.15. The Morgan fingerprint density at radius 2 is 1.67 bits per heavy atom. The Kier molecular flexibility index (Phi) is 5.40. The van der Waals surface area contributed by atoms with Crippen molar-refractivity contribution >= 4 is 17.3 Å². The van der Waals surface area contributed by atoms with E-state index in [2.05, 4.69) is 15.6 Å². The van der Waals surface area contributed by atoms with Crippen LogP contribution in [-0.2, 0) is 12.7 Å². The van der Waals surface area contributed by atoms with E-state index in [9.17, 15) is 18.0 Å². The Balaban J connectivity index is 1.74. The van der Waals surface area contributed by atoms with Gasteiger partial charge < -0.3 is 10.6 Å². The maximum absolute atomic E-state index is 13.1. The summed E-state index contributed by atoms with van der Waals surface area (Å²) in [6.45, 7) is 0.329. The van der Waals surface area contributed by atoms with Gasteiger partial charge in [-0.25, -0.2) is 0 Å². The molecule has 3 rings (SSSR count). The average Bonchev–Trinajstić information content (AvgIpc) is 2.67. The lowest BCUT2D eigenvalue weighted by atomic mass is 10.1. The van der Waals surface area contributed by atoms with Gasteiger partial charge in [-0.3, -0.25) is 9.78 Å². The molecular formula is C20H16F3N3O. The highest BCUT2D eigenvalue weighted by Crippen LogP contribution is 2.35. The van der Waals surface area contributed by atoms with E-state index in [1.54, 1.807) is 0 Å². The van der Waals surface area contributed by atoms with Gasteiger partial charge in [0.1, 0.15) is 5.69 Å². The molecule has 2 N–H and O–H groups in total. The molecule has 0 aliphatic rings. The number of carbonyl (C=O) groups is 1. The molecule has 0 spiro atoms. The molecule has 138 valence electrons. The van der Waals surface area contributed by atoms with Crippen LogP contribution >= 0.6 is 0 Å². The molecule has 0 bridgehead atoms. The second kappa shape index (κ2) is 7.90.